The predicted molar refractivity (Wildman–Crippen MR) is 446 cm³/mol. The van der Waals surface area contributed by atoms with Crippen molar-refractivity contribution in [2.75, 3.05) is 27.9 Å². The Bertz CT molecular complexity index is 2660. The molecule has 0 bridgehead atoms. The zero-order valence-corrected chi connectivity index (χ0v) is 78.6. The van der Waals surface area contributed by atoms with E-state index in [1.165, 1.54) is 56.7 Å². The number of likely N-dealkylation sites (tertiary alicyclic amines) is 1. The summed E-state index contributed by atoms with van der Waals surface area (Å²) < 4.78 is 63.5. The van der Waals surface area contributed by atoms with E-state index in [-0.39, 0.29) is 71.6 Å². The molecular formula is C84H154INO13Si3Sn. The average molecular weight is 1720 g/mol. The Kier molecular flexibility index (Phi) is 42.3. The van der Waals surface area contributed by atoms with Crippen LogP contribution in [0.2, 0.25) is 66.2 Å². The summed E-state index contributed by atoms with van der Waals surface area (Å²) in [6.45, 7) is 52.6. The molecule has 1 amide bonds. The van der Waals surface area contributed by atoms with Crippen molar-refractivity contribution < 1.29 is 60.9 Å². The number of Topliss-reactive ketones (excluding diaryl/α,β-unsaturated/α-hetero) is 3. The monoisotopic (exact) mass is 1720 g/mol. The van der Waals surface area contributed by atoms with Crippen molar-refractivity contribution in [3.05, 3.63) is 43.6 Å². The third-order valence-electron chi connectivity index (χ3n) is 25.3. The van der Waals surface area contributed by atoms with Gasteiger partial charge < -0.3 is 32.7 Å². The number of allylic oxidation sites excluding steroid dienone is 4. The van der Waals surface area contributed by atoms with Crippen LogP contribution in [-0.4, -0.2) is 160 Å². The van der Waals surface area contributed by atoms with Gasteiger partial charge >= 0.3 is 263 Å². The second-order valence-electron chi connectivity index (χ2n) is 34.7. The van der Waals surface area contributed by atoms with Crippen molar-refractivity contribution in [1.82, 2.24) is 4.90 Å². The second-order valence-corrected chi connectivity index (χ2v) is 63.3. The number of ether oxygens (including phenoxy) is 5. The third kappa shape index (κ3) is 26.8. The fourth-order valence-electron chi connectivity index (χ4n) is 17.2. The zero-order chi connectivity index (χ0) is 78.0. The first-order valence-corrected chi connectivity index (χ1v) is 57.6. The molecule has 2 heterocycles. The number of carbonyl (C=O) groups excluding carboxylic acids is 5. The molecule has 3 aliphatic rings. The van der Waals surface area contributed by atoms with Crippen molar-refractivity contribution >= 4 is 95.1 Å². The van der Waals surface area contributed by atoms with Crippen LogP contribution in [-0.2, 0) is 60.9 Å². The number of piperidine rings is 1. The summed E-state index contributed by atoms with van der Waals surface area (Å²) in [7, 11) is -2.41. The number of halogens is 1. The first kappa shape index (κ1) is 96.0. The van der Waals surface area contributed by atoms with E-state index in [0.29, 0.717) is 68.0 Å². The molecule has 3 fully saturated rings. The van der Waals surface area contributed by atoms with E-state index in [1.807, 2.05) is 56.9 Å². The zero-order valence-electron chi connectivity index (χ0n) is 70.6. The maximum absolute atomic E-state index is 15.8. The van der Waals surface area contributed by atoms with E-state index in [9.17, 15) is 0 Å². The molecule has 19 heteroatoms. The van der Waals surface area contributed by atoms with Crippen LogP contribution >= 0.6 is 22.6 Å². The van der Waals surface area contributed by atoms with E-state index < -0.39 is 109 Å². The van der Waals surface area contributed by atoms with Crippen LogP contribution in [0.3, 0.4) is 0 Å². The van der Waals surface area contributed by atoms with Crippen molar-refractivity contribution in [2.45, 2.75) is 389 Å². The van der Waals surface area contributed by atoms with E-state index in [2.05, 4.69) is 164 Å². The molecule has 0 N–H and O–H groups in total. The molecular weight excluding hydrogens is 1560 g/mol. The number of methoxy groups -OCH3 is 3. The van der Waals surface area contributed by atoms with Gasteiger partial charge in [-0.2, -0.15) is 0 Å². The van der Waals surface area contributed by atoms with Gasteiger partial charge in [0.05, 0.1) is 24.4 Å². The van der Waals surface area contributed by atoms with Gasteiger partial charge in [-0.3, -0.25) is 14.4 Å². The number of nitrogens with zero attached hydrogens (tertiary/aromatic N) is 1. The predicted octanol–water partition coefficient (Wildman–Crippen LogP) is 22.2. The number of amides is 1. The van der Waals surface area contributed by atoms with Crippen LogP contribution in [0.1, 0.15) is 268 Å². The number of ketones is 3. The molecule has 0 aromatic carbocycles. The molecule has 0 aromatic heterocycles. The summed E-state index contributed by atoms with van der Waals surface area (Å²) in [5.41, 5.74) is 3.02. The Hall–Kier alpha value is -1.19. The van der Waals surface area contributed by atoms with Crippen LogP contribution in [0.5, 0.6) is 0 Å². The summed E-state index contributed by atoms with van der Waals surface area (Å²) in [6, 6.07) is 1.10. The molecule has 3 rings (SSSR count). The van der Waals surface area contributed by atoms with Gasteiger partial charge in [0, 0.05) is 39.5 Å². The number of rotatable bonds is 47. The SMILES string of the molecule is CCC[CH2][Sn](/[CH]=C/[C@@H](C)C[C@@H](C)C(=O)[C@H](OC)[C@H](O[Si](C)(C)C(C)(C)C)/C(C)=C/[C@@H](C)C(=O)C[C@H](OC(=O)[C@@H]1CCCCN1C(=O)C(=O)[C@]1(O[Si](CC)(CC)CC)O[C@H](C[C@H](OC)/C(C)=C/C=C/I)CC[C@H]1C)[C@H](C)C[C@@H]1CC[C@@H](O[Si](C(C)C)(C(C)C)C(C)C)[C@H](OC)C1)([CH2]CCC)[CH2]CCC. The van der Waals surface area contributed by atoms with E-state index >= 15 is 24.0 Å². The summed E-state index contributed by atoms with van der Waals surface area (Å²) in [5, 5.41) is -0.202. The summed E-state index contributed by atoms with van der Waals surface area (Å²) in [5.74, 6) is -5.57. The Balaban J connectivity index is 2.19. The quantitative estimate of drug-likeness (QED) is 0.0141. The summed E-state index contributed by atoms with van der Waals surface area (Å²) in [6.07, 6.45) is 19.5. The first-order valence-electron chi connectivity index (χ1n) is 41.1. The Labute approximate surface area is 651 Å². The second kappa shape index (κ2) is 45.4. The standard InChI is InChI=1S/C72H127INO13Si3.3C4H9.Sn/c1-26-50(11)41-54(15)65(76)67(82-23)66(86-88(24,25)71(18,19)20)55(16)42-52(13)60(75)46-63(53(14)43-57-36-38-61(64(44-57)81-22)85-90(47(5)6,48(7)8)49(9)10)83-70(79)59-34-30-31-40-74(59)69(78)68(77)72(87-89(27-2,28-3)29-4)56(17)35-37-58(84-72)45-62(80-21)51(12)33-32-39-73;3*1-3-4-2;/h1,26,32-33,39,42,47-50,52-54,56-59,61-64,66-67H,27-31,34-38,40-41,43-46H2,2-25H3;3*1,3-4H2,2H3;/b26-1?,39-32+,51-33+,55-42+;;;;/t50-,52-,53-,54-,56-,57+,58+,59+,61-,62+,63+,64-,66-,67+,72+;;;;/m1..../s1. The molecule has 103 heavy (non-hydrogen) atoms. The van der Waals surface area contributed by atoms with E-state index in [0.717, 1.165) is 48.5 Å². The number of hydrogen-bond acceptors (Lipinski definition) is 13. The number of esters is 1. The molecule has 0 spiro atoms. The van der Waals surface area contributed by atoms with Crippen LogP contribution < -0.4 is 0 Å². The molecule has 2 aliphatic heterocycles. The van der Waals surface area contributed by atoms with Crippen molar-refractivity contribution in [2.24, 2.45) is 35.5 Å². The fraction of sp³-hybridized carbons (Fsp3) is 0.845. The molecule has 15 atom stereocenters. The van der Waals surface area contributed by atoms with Gasteiger partial charge in [0.2, 0.25) is 14.1 Å². The molecule has 2 saturated heterocycles. The topological polar surface area (TPSA) is 162 Å². The first-order chi connectivity index (χ1) is 48.3. The minimum atomic E-state index is -2.66. The van der Waals surface area contributed by atoms with Gasteiger partial charge in [-0.05, 0) is 121 Å². The molecule has 596 valence electrons. The molecule has 1 aliphatic carbocycles. The molecule has 14 nitrogen and oxygen atoms in total. The van der Waals surface area contributed by atoms with Crippen LogP contribution in [0.25, 0.3) is 0 Å². The van der Waals surface area contributed by atoms with Gasteiger partial charge in [-0.25, -0.2) is 4.79 Å². The van der Waals surface area contributed by atoms with Crippen LogP contribution in [0.4, 0.5) is 0 Å². The van der Waals surface area contributed by atoms with Gasteiger partial charge in [0.25, 0.3) is 11.7 Å². The minimum absolute atomic E-state index is 0.00409. The molecule has 0 unspecified atom stereocenters. The van der Waals surface area contributed by atoms with E-state index in [4.69, 9.17) is 37.0 Å². The van der Waals surface area contributed by atoms with Crippen molar-refractivity contribution in [3.8, 4) is 0 Å². The van der Waals surface area contributed by atoms with Gasteiger partial charge in [-0.15, -0.1) is 0 Å². The molecule has 0 aromatic rings. The van der Waals surface area contributed by atoms with Crippen LogP contribution in [0, 0.1) is 35.5 Å². The average Bonchev–Trinajstić information content (AvgIpc) is 0.749. The Morgan fingerprint density at radius 2 is 1.31 bits per heavy atom. The molecule has 1 saturated carbocycles. The number of unbranched alkanes of at least 4 members (excludes halogenated alkanes) is 3. The fourth-order valence-corrected chi connectivity index (χ4v) is 42.0. The van der Waals surface area contributed by atoms with Gasteiger partial charge in [-0.1, -0.05) is 111 Å². The third-order valence-corrected chi connectivity index (χ3v) is 55.0. The normalized spacial score (nSPS) is 24.2. The van der Waals surface area contributed by atoms with Crippen molar-refractivity contribution in [1.29, 1.82) is 0 Å². The Morgan fingerprint density at radius 3 is 1.82 bits per heavy atom. The van der Waals surface area contributed by atoms with E-state index in [1.54, 1.807) is 21.3 Å². The van der Waals surface area contributed by atoms with Crippen molar-refractivity contribution in [3.63, 3.8) is 0 Å². The van der Waals surface area contributed by atoms with Gasteiger partial charge in [0.15, 0.2) is 8.32 Å². The summed E-state index contributed by atoms with van der Waals surface area (Å²) in [4.78, 5) is 78.8. The van der Waals surface area contributed by atoms with Crippen LogP contribution in [0.15, 0.2) is 43.6 Å². The van der Waals surface area contributed by atoms with Gasteiger partial charge in [0.1, 0.15) is 12.1 Å². The molecule has 0 radical (unpaired) electrons. The maximum atomic E-state index is 15.8. The number of carbonyl (C=O) groups is 5. The number of hydrogen-bond donors (Lipinski definition) is 0. The Morgan fingerprint density at radius 1 is 0.728 bits per heavy atom. The summed E-state index contributed by atoms with van der Waals surface area (Å²) >= 11 is -0.384.